The molecule has 0 radical (unpaired) electrons. The van der Waals surface area contributed by atoms with E-state index in [4.69, 9.17) is 38.5 Å². The summed E-state index contributed by atoms with van der Waals surface area (Å²) in [6.45, 7) is 0. The van der Waals surface area contributed by atoms with E-state index < -0.39 is 34.4 Å². The van der Waals surface area contributed by atoms with E-state index in [1.54, 1.807) is 18.2 Å². The summed E-state index contributed by atoms with van der Waals surface area (Å²) < 4.78 is 0. The summed E-state index contributed by atoms with van der Waals surface area (Å²) in [5.74, 6) is 13.5. The van der Waals surface area contributed by atoms with Gasteiger partial charge in [-0.1, -0.05) is 0 Å². The fraction of sp³-hybridized carbons (Fsp3) is 0.0833. The number of fused-ring (bicyclic) bond motifs is 18. The van der Waals surface area contributed by atoms with E-state index in [2.05, 4.69) is 95.4 Å². The molecule has 0 spiro atoms. The van der Waals surface area contributed by atoms with E-state index in [-0.39, 0.29) is 39.6 Å². The number of allylic oxidation sites excluding steroid dienone is 12. The molecule has 6 N–H and O–H groups in total. The van der Waals surface area contributed by atoms with Crippen LogP contribution in [-0.2, 0) is 0 Å². The van der Waals surface area contributed by atoms with Crippen LogP contribution in [0.5, 0.6) is 0 Å². The van der Waals surface area contributed by atoms with Gasteiger partial charge in [0.1, 0.15) is 16.6 Å². The van der Waals surface area contributed by atoms with Gasteiger partial charge in [-0.25, -0.2) is 15.0 Å². The Morgan fingerprint density at radius 3 is 0.849 bits per heavy atom. The van der Waals surface area contributed by atoms with Crippen molar-refractivity contribution >= 4 is 110 Å². The Morgan fingerprint density at radius 2 is 0.581 bits per heavy atom. The molecular weight excluding hydrogens is 1170 g/mol. The number of hydrogen-bond acceptors (Lipinski definition) is 6. The van der Waals surface area contributed by atoms with Crippen LogP contribution >= 0.6 is 0 Å². The molecule has 0 saturated heterocycles. The van der Waals surface area contributed by atoms with Gasteiger partial charge >= 0.3 is 39.6 Å². The summed E-state index contributed by atoms with van der Waals surface area (Å²) in [6.07, 6.45) is 87.3. The predicted molar refractivity (Wildman–Crippen MR) is 341 cm³/mol. The molecule has 0 aliphatic carbocycles. The molecule has 15 heterocycles. The zero-order valence-electron chi connectivity index (χ0n) is 45.6. The summed E-state index contributed by atoms with van der Waals surface area (Å²) in [5.41, 5.74) is 8.69. The molecule has 15 rings (SSSR count). The fourth-order valence-corrected chi connectivity index (χ4v) is 10.9. The summed E-state index contributed by atoms with van der Waals surface area (Å²) in [6, 6.07) is 23.6. The third-order valence-electron chi connectivity index (χ3n) is 14.9. The normalized spacial score (nSPS) is 23.8. The molecule has 9 aliphatic heterocycles. The van der Waals surface area contributed by atoms with Gasteiger partial charge < -0.3 is 104 Å². The molecule has 0 saturated carbocycles. The number of aliphatic imine (C=N–C) groups is 6. The Morgan fingerprint density at radius 1 is 0.302 bits per heavy atom. The molecule has 6 atom stereocenters. The molecule has 0 aromatic carbocycles. The summed E-state index contributed by atoms with van der Waals surface area (Å²) in [7, 11) is 0. The van der Waals surface area contributed by atoms with E-state index in [0.29, 0.717) is 17.1 Å². The van der Waals surface area contributed by atoms with E-state index in [1.807, 2.05) is 182 Å². The second-order valence-corrected chi connectivity index (χ2v) is 20.6. The first-order valence-electron chi connectivity index (χ1n) is 26.7. The van der Waals surface area contributed by atoms with Crippen LogP contribution in [0, 0.1) is 74.1 Å². The van der Waals surface area contributed by atoms with E-state index in [1.165, 1.54) is 0 Å². The molecule has 6 aromatic heterocycles. The average Bonchev–Trinajstić information content (AvgIpc) is 2.75. The molecular formula is C72H42Ga2N12. The standard InChI is InChI=1S/3C24H14N4.2Ga/c3*1-3-22-23-10-9-20(27-23)14-18-6-5-16(25-18)13-17-7-8-19(26-17)15-21-11-12-24(22,4-2)28-21;;/h3*5-15,22,25,27H;;/q3*-2;2*+3. The first kappa shape index (κ1) is 57.0. The molecule has 86 heavy (non-hydrogen) atoms. The number of nitrogens with one attached hydrogen (secondary N) is 6. The van der Waals surface area contributed by atoms with Gasteiger partial charge in [0.25, 0.3) is 0 Å². The molecule has 0 fully saturated rings. The van der Waals surface area contributed by atoms with Gasteiger partial charge in [-0.3, -0.25) is 15.0 Å². The van der Waals surface area contributed by atoms with Gasteiger partial charge in [-0.2, -0.15) is 0 Å². The molecule has 6 aromatic rings. The van der Waals surface area contributed by atoms with Crippen molar-refractivity contribution in [3.05, 3.63) is 286 Å². The number of hydrogen-bond donors (Lipinski definition) is 6. The Hall–Kier alpha value is -10.8. The molecule has 24 bridgehead atoms. The van der Waals surface area contributed by atoms with Gasteiger partial charge in [0.05, 0.1) is 69.1 Å². The van der Waals surface area contributed by atoms with E-state index in [9.17, 15) is 0 Å². The van der Waals surface area contributed by atoms with Crippen LogP contribution in [0.4, 0.5) is 0 Å². The van der Waals surface area contributed by atoms with Crippen molar-refractivity contribution in [1.29, 1.82) is 0 Å². The maximum atomic E-state index is 7.89. The quantitative estimate of drug-likeness (QED) is 0.0696. The third kappa shape index (κ3) is 11.3. The van der Waals surface area contributed by atoms with Crippen LogP contribution in [0.15, 0.2) is 211 Å². The number of rotatable bonds is 0. The van der Waals surface area contributed by atoms with Crippen molar-refractivity contribution in [1.82, 2.24) is 29.9 Å². The number of aromatic nitrogens is 6. The van der Waals surface area contributed by atoms with Crippen molar-refractivity contribution in [2.24, 2.45) is 30.0 Å². The van der Waals surface area contributed by atoms with Crippen molar-refractivity contribution in [2.45, 2.75) is 34.4 Å². The summed E-state index contributed by atoms with van der Waals surface area (Å²) in [5, 5.41) is 5.77. The van der Waals surface area contributed by atoms with Crippen LogP contribution in [0.1, 0.15) is 51.9 Å². The molecule has 396 valence electrons. The van der Waals surface area contributed by atoms with Crippen LogP contribution in [0.2, 0.25) is 0 Å². The summed E-state index contributed by atoms with van der Waals surface area (Å²) >= 11 is 0. The van der Waals surface area contributed by atoms with Gasteiger partial charge in [0, 0.05) is 66.3 Å². The van der Waals surface area contributed by atoms with Crippen molar-refractivity contribution in [3.63, 3.8) is 0 Å². The van der Waals surface area contributed by atoms with Gasteiger partial charge in [0.15, 0.2) is 0 Å². The molecule has 14 heteroatoms. The Labute approximate surface area is 522 Å². The van der Waals surface area contributed by atoms with Gasteiger partial charge in [-0.05, 0) is 200 Å². The molecule has 12 nitrogen and oxygen atoms in total. The molecule has 9 aliphatic rings. The number of H-pyrrole nitrogens is 6. The van der Waals surface area contributed by atoms with Gasteiger partial charge in [0.2, 0.25) is 0 Å². The van der Waals surface area contributed by atoms with Crippen LogP contribution in [0.3, 0.4) is 0 Å². The molecule has 6 unspecified atom stereocenters. The zero-order chi connectivity index (χ0) is 57.4. The van der Waals surface area contributed by atoms with Crippen LogP contribution in [0.25, 0.3) is 36.5 Å². The number of nitrogens with zero attached hydrogens (tertiary/aromatic N) is 6. The second-order valence-electron chi connectivity index (χ2n) is 20.6. The Kier molecular flexibility index (Phi) is 15.6. The zero-order valence-corrected chi connectivity index (χ0v) is 50.5. The number of aromatic amines is 6. The SMILES string of the molecule is [C-]#CC1c2ccc([nH]2)C=c2ccc([nH]2)=CC2=NC(=CC3=NC1(C#[C-])C=C3)C=C2.[C-]#CC1c2ccc([nH]2)C=c2ccc([nH]2)=CC2=NC(=CC3=NC1(C#[C-])C=C3)C=C2.[C-]#CC1c2ccc([nH]2)C=c2ccc([nH]2)=CC2=NC(=CC3=NC1(C#[C-])C=C3)C=C2.[Ga+3].[Ga+3]. The van der Waals surface area contributed by atoms with E-state index >= 15 is 0 Å². The Bertz CT molecular complexity index is 4530. The largest absolute Gasteiger partial charge is 3.00 e. The fourth-order valence-electron chi connectivity index (χ4n) is 10.9. The maximum Gasteiger partial charge on any atom is 3.00 e. The average molecular weight is 1210 g/mol. The monoisotopic (exact) mass is 1210 g/mol. The van der Waals surface area contributed by atoms with E-state index in [0.717, 1.165) is 100 Å². The summed E-state index contributed by atoms with van der Waals surface area (Å²) in [4.78, 5) is 47.9. The third-order valence-corrected chi connectivity index (χ3v) is 14.9. The minimum atomic E-state index is -1.09. The first-order valence-corrected chi connectivity index (χ1v) is 26.7. The van der Waals surface area contributed by atoms with Crippen molar-refractivity contribution in [3.8, 4) is 35.5 Å². The topological polar surface area (TPSA) is 169 Å². The second kappa shape index (κ2) is 23.5. The minimum Gasteiger partial charge on any atom is -0.693 e. The van der Waals surface area contributed by atoms with Gasteiger partial charge in [-0.15, -0.1) is 0 Å². The van der Waals surface area contributed by atoms with Crippen molar-refractivity contribution < 1.29 is 0 Å². The Balaban J connectivity index is 0.000000132. The first-order chi connectivity index (χ1) is 41.0. The van der Waals surface area contributed by atoms with Crippen LogP contribution in [-0.4, -0.2) is 120 Å². The smallest absolute Gasteiger partial charge is 0.693 e. The van der Waals surface area contributed by atoms with Crippen LogP contribution < -0.4 is 32.1 Å². The minimum absolute atomic E-state index is 0. The predicted octanol–water partition coefficient (Wildman–Crippen LogP) is 4.86. The molecule has 0 amide bonds. The van der Waals surface area contributed by atoms with Crippen molar-refractivity contribution in [2.75, 3.05) is 0 Å². The maximum absolute atomic E-state index is 7.89.